The lowest BCUT2D eigenvalue weighted by Crippen LogP contribution is -2.67. The zero-order valence-electron chi connectivity index (χ0n) is 42.8. The highest BCUT2D eigenvalue weighted by Crippen LogP contribution is 2.71. The highest BCUT2D eigenvalue weighted by molar-refractivity contribution is 5.27. The Morgan fingerprint density at radius 2 is 1.16 bits per heavy atom. The molecule has 0 bridgehead atoms. The van der Waals surface area contributed by atoms with Gasteiger partial charge in [0.15, 0.2) is 30.9 Å². The third-order valence-corrected chi connectivity index (χ3v) is 19.9. The van der Waals surface area contributed by atoms with Crippen molar-refractivity contribution in [2.45, 2.75) is 239 Å². The van der Waals surface area contributed by atoms with Crippen molar-refractivity contribution in [1.29, 1.82) is 0 Å². The van der Waals surface area contributed by atoms with Gasteiger partial charge in [0.2, 0.25) is 0 Å². The van der Waals surface area contributed by atoms with E-state index in [-0.39, 0.29) is 35.4 Å². The van der Waals surface area contributed by atoms with E-state index in [1.807, 2.05) is 6.92 Å². The van der Waals surface area contributed by atoms with Gasteiger partial charge in [0, 0.05) is 12.3 Å². The van der Waals surface area contributed by atoms with Crippen LogP contribution in [-0.4, -0.2) is 239 Å². The minimum absolute atomic E-state index is 0.00751. The number of rotatable bonds is 12. The normalized spacial score (nSPS) is 57.4. The molecule has 1 spiro atoms. The Labute approximate surface area is 430 Å². The van der Waals surface area contributed by atoms with Gasteiger partial charge in [-0.1, -0.05) is 32.4 Å². The molecule has 23 nitrogen and oxygen atoms in total. The van der Waals surface area contributed by atoms with Gasteiger partial charge >= 0.3 is 0 Å². The highest BCUT2D eigenvalue weighted by Gasteiger charge is 2.70. The van der Waals surface area contributed by atoms with Crippen molar-refractivity contribution in [3.8, 4) is 0 Å². The average Bonchev–Trinajstić information content (AvgIpc) is 3.98. The Morgan fingerprint density at radius 3 is 1.82 bits per heavy atom. The summed E-state index contributed by atoms with van der Waals surface area (Å²) in [6.07, 6.45) is -21.7. The summed E-state index contributed by atoms with van der Waals surface area (Å²) in [6.45, 7) is 8.46. The predicted molar refractivity (Wildman–Crippen MR) is 248 cm³/mol. The first-order valence-electron chi connectivity index (χ1n) is 26.9. The third kappa shape index (κ3) is 9.38. The van der Waals surface area contributed by atoms with Crippen molar-refractivity contribution in [1.82, 2.24) is 0 Å². The molecule has 31 atom stereocenters. The van der Waals surface area contributed by atoms with Crippen molar-refractivity contribution < 1.29 is 114 Å². The number of allylic oxidation sites excluding steroid dienone is 1. The summed E-state index contributed by atoms with van der Waals surface area (Å²) in [6, 6.07) is 0. The number of fused-ring (bicyclic) bond motifs is 7. The summed E-state index contributed by atoms with van der Waals surface area (Å²) in [4.78, 5) is 0. The quantitative estimate of drug-likeness (QED) is 0.0875. The molecule has 6 heterocycles. The maximum Gasteiger partial charge on any atom is 0.187 e. The number of aliphatic hydroxyl groups is 13. The van der Waals surface area contributed by atoms with Crippen molar-refractivity contribution in [3.63, 3.8) is 0 Å². The van der Waals surface area contributed by atoms with Gasteiger partial charge in [0.1, 0.15) is 91.6 Å². The largest absolute Gasteiger partial charge is 0.394 e. The van der Waals surface area contributed by atoms with E-state index in [2.05, 4.69) is 26.8 Å². The molecule has 74 heavy (non-hydrogen) atoms. The van der Waals surface area contributed by atoms with E-state index in [1.54, 1.807) is 0 Å². The lowest BCUT2D eigenvalue weighted by molar-refractivity contribution is -0.394. The summed E-state index contributed by atoms with van der Waals surface area (Å²) in [5.74, 6) is 0.693. The minimum atomic E-state index is -1.88. The number of aliphatic hydroxyl groups excluding tert-OH is 13. The molecule has 0 radical (unpaired) electrons. The van der Waals surface area contributed by atoms with E-state index in [4.69, 9.17) is 47.4 Å². The highest BCUT2D eigenvalue weighted by atomic mass is 16.8. The smallest absolute Gasteiger partial charge is 0.187 e. The zero-order chi connectivity index (χ0) is 53.1. The summed E-state index contributed by atoms with van der Waals surface area (Å²) in [5.41, 5.74) is 0.306. The van der Waals surface area contributed by atoms with Gasteiger partial charge in [-0.3, -0.25) is 0 Å². The summed E-state index contributed by atoms with van der Waals surface area (Å²) < 4.78 is 62.4. The second-order valence-corrected chi connectivity index (χ2v) is 24.2. The van der Waals surface area contributed by atoms with Crippen LogP contribution in [0, 0.1) is 40.4 Å². The van der Waals surface area contributed by atoms with Gasteiger partial charge in [0.05, 0.1) is 50.3 Å². The van der Waals surface area contributed by atoms with Gasteiger partial charge in [-0.05, 0) is 99.7 Å². The van der Waals surface area contributed by atoms with E-state index in [1.165, 1.54) is 12.5 Å². The van der Waals surface area contributed by atoms with E-state index in [0.717, 1.165) is 32.1 Å². The van der Waals surface area contributed by atoms with Crippen molar-refractivity contribution in [2.24, 2.45) is 40.4 Å². The van der Waals surface area contributed by atoms with E-state index in [0.29, 0.717) is 43.4 Å². The number of hydrogen-bond donors (Lipinski definition) is 13. The maximum atomic E-state index is 11.6. The molecule has 3 saturated carbocycles. The Kier molecular flexibility index (Phi) is 16.0. The lowest BCUT2D eigenvalue weighted by atomic mass is 9.47. The molecular formula is C51H82O23. The van der Waals surface area contributed by atoms with Crippen LogP contribution >= 0.6 is 0 Å². The number of hydrogen-bond acceptors (Lipinski definition) is 23. The van der Waals surface area contributed by atoms with Crippen LogP contribution in [0.25, 0.3) is 0 Å². The third-order valence-electron chi connectivity index (χ3n) is 19.9. The average molecular weight is 1060 g/mol. The topological polar surface area (TPSA) is 355 Å². The Bertz CT molecular complexity index is 1980. The standard InChI is InChI=1S/C51H82O23/c1-20-31-27(73-51(20)13-12-48(3,74-51)19-65-44-39(62)37(60)33(56)28(16-52)68-44)15-26-24-7-6-22-14-23(8-10-49(22,4)25(24)9-11-50(26,31)5)67-47-43(72-45-40(63)36(59)32(55)21(2)66-45)42(35(58)30(18-54)70-47)71-46-41(64)38(61)34(57)29(17-53)69-46/h6,20-21,23-47,52-64H,7-19H2,1-5H3/t20-,21-,23-,24+,25-,26-,27-,28+,29+,30+,31-,32-,33+,34+,35-,36+,37-,38-,39+,40+,41+,42-,43?,44+,45-,46-,47+,48-,49-,50-,51-/m0/s1. The SMILES string of the molecule is C[C@@H]1O[C@@H](OC2[C@H](O[C@H]3CC[C@@]4(C)C(=CC[C@H]5[C@@H]6C[C@@H]7O[C@]8(CC[C@@](C)(CO[C@@H]9O[C@H](CO)[C@@H](O)[C@H](O)[C@H]9O)O8)[C@@H](C)[C@@H]7[C@@]6(C)CC[C@@H]54)C3)O[C@H](CO)[C@H](O)[C@@H]2O[C@@H]2O[C@H](CO)[C@@H](O)[C@H](O)[C@H]2O)[C@H](O)[C@H](O)[C@H]1O. The molecule has 0 aromatic heterocycles. The van der Waals surface area contributed by atoms with Crippen LogP contribution < -0.4 is 0 Å². The molecular weight excluding hydrogens is 981 g/mol. The monoisotopic (exact) mass is 1060 g/mol. The minimum Gasteiger partial charge on any atom is -0.394 e. The van der Waals surface area contributed by atoms with Gasteiger partial charge in [0.25, 0.3) is 0 Å². The van der Waals surface area contributed by atoms with Crippen LogP contribution in [0.1, 0.15) is 92.4 Å². The Balaban J connectivity index is 0.825. The van der Waals surface area contributed by atoms with Crippen molar-refractivity contribution in [2.75, 3.05) is 26.4 Å². The van der Waals surface area contributed by atoms with Crippen LogP contribution in [0.4, 0.5) is 0 Å². The lowest BCUT2D eigenvalue weighted by Gasteiger charge is -2.58. The van der Waals surface area contributed by atoms with Gasteiger partial charge in [-0.2, -0.15) is 0 Å². The summed E-state index contributed by atoms with van der Waals surface area (Å²) in [7, 11) is 0. The second kappa shape index (κ2) is 21.0. The summed E-state index contributed by atoms with van der Waals surface area (Å²) in [5, 5.41) is 137. The van der Waals surface area contributed by atoms with Gasteiger partial charge in [-0.15, -0.1) is 0 Å². The Hall–Kier alpha value is -1.18. The van der Waals surface area contributed by atoms with E-state index < -0.39 is 160 Å². The first kappa shape index (κ1) is 56.1. The molecule has 10 aliphatic rings. The Morgan fingerprint density at radius 1 is 0.581 bits per heavy atom. The molecule has 10 rings (SSSR count). The van der Waals surface area contributed by atoms with Gasteiger partial charge < -0.3 is 114 Å². The molecule has 6 saturated heterocycles. The van der Waals surface area contributed by atoms with Gasteiger partial charge in [-0.25, -0.2) is 0 Å². The zero-order valence-corrected chi connectivity index (χ0v) is 42.8. The van der Waals surface area contributed by atoms with Crippen molar-refractivity contribution in [3.05, 3.63) is 11.6 Å². The molecule has 0 aromatic rings. The van der Waals surface area contributed by atoms with Crippen molar-refractivity contribution >= 4 is 0 Å². The van der Waals surface area contributed by atoms with Crippen LogP contribution in [0.3, 0.4) is 0 Å². The first-order valence-corrected chi connectivity index (χ1v) is 26.9. The first-order chi connectivity index (χ1) is 35.0. The fraction of sp³-hybridized carbons (Fsp3) is 0.961. The summed E-state index contributed by atoms with van der Waals surface area (Å²) >= 11 is 0. The van der Waals surface area contributed by atoms with Crippen LogP contribution in [0.2, 0.25) is 0 Å². The second-order valence-electron chi connectivity index (χ2n) is 24.2. The van der Waals surface area contributed by atoms with Crippen LogP contribution in [0.15, 0.2) is 11.6 Å². The van der Waals surface area contributed by atoms with Crippen LogP contribution in [-0.2, 0) is 47.4 Å². The molecule has 4 aliphatic carbocycles. The maximum absolute atomic E-state index is 11.6. The van der Waals surface area contributed by atoms with E-state index in [9.17, 15) is 66.4 Å². The van der Waals surface area contributed by atoms with Crippen LogP contribution in [0.5, 0.6) is 0 Å². The molecule has 0 aromatic carbocycles. The molecule has 0 amide bonds. The fourth-order valence-corrected chi connectivity index (χ4v) is 15.6. The molecule has 6 aliphatic heterocycles. The fourth-order valence-electron chi connectivity index (χ4n) is 15.6. The molecule has 1 unspecified atom stereocenters. The molecule has 13 N–H and O–H groups in total. The predicted octanol–water partition coefficient (Wildman–Crippen LogP) is -2.85. The molecule has 424 valence electrons. The van der Waals surface area contributed by atoms with E-state index >= 15 is 0 Å². The number of ether oxygens (including phenoxy) is 10. The molecule has 9 fully saturated rings. The molecule has 23 heteroatoms.